The highest BCUT2D eigenvalue weighted by Gasteiger charge is 2.07. The molecule has 20 heavy (non-hydrogen) atoms. The Balaban J connectivity index is 2.36. The van der Waals surface area contributed by atoms with Crippen LogP contribution in [0.1, 0.15) is 55.9 Å². The molecule has 0 fully saturated rings. The first kappa shape index (κ1) is 17.2. The molecule has 0 amide bonds. The van der Waals surface area contributed by atoms with Crippen LogP contribution in [0.4, 0.5) is 0 Å². The lowest BCUT2D eigenvalue weighted by atomic mass is 9.92. The maximum Gasteiger partial charge on any atom is -0.00258 e. The highest BCUT2D eigenvalue weighted by molar-refractivity contribution is 5.37. The Kier molecular flexibility index (Phi) is 7.29. The topological polar surface area (TPSA) is 12.0 Å². The fraction of sp³-hybridized carbons (Fsp3) is 0.684. The van der Waals surface area contributed by atoms with Crippen molar-refractivity contribution in [3.63, 3.8) is 0 Å². The molecule has 1 aromatic rings. The van der Waals surface area contributed by atoms with Gasteiger partial charge in [-0.1, -0.05) is 38.5 Å². The predicted molar refractivity (Wildman–Crippen MR) is 90.5 cm³/mol. The molecule has 1 N–H and O–H groups in total. The Morgan fingerprint density at radius 1 is 0.950 bits per heavy atom. The SMILES string of the molecule is Cc1cc(C)c(CCC(C)CCNCC(C)C)c(C)c1. The zero-order valence-corrected chi connectivity index (χ0v) is 14.3. The van der Waals surface area contributed by atoms with E-state index >= 15 is 0 Å². The highest BCUT2D eigenvalue weighted by atomic mass is 14.8. The lowest BCUT2D eigenvalue weighted by Crippen LogP contribution is -2.22. The third-order valence-corrected chi connectivity index (χ3v) is 4.09. The lowest BCUT2D eigenvalue weighted by Gasteiger charge is -2.16. The molecule has 0 bridgehead atoms. The van der Waals surface area contributed by atoms with Crippen LogP contribution in [0.2, 0.25) is 0 Å². The molecule has 0 aliphatic heterocycles. The van der Waals surface area contributed by atoms with Crippen LogP contribution < -0.4 is 5.32 Å². The molecule has 0 saturated carbocycles. The summed E-state index contributed by atoms with van der Waals surface area (Å²) in [7, 11) is 0. The number of hydrogen-bond donors (Lipinski definition) is 1. The normalized spacial score (nSPS) is 12.9. The van der Waals surface area contributed by atoms with Crippen LogP contribution in [0.5, 0.6) is 0 Å². The van der Waals surface area contributed by atoms with Crippen molar-refractivity contribution in [2.24, 2.45) is 11.8 Å². The van der Waals surface area contributed by atoms with E-state index in [-0.39, 0.29) is 0 Å². The van der Waals surface area contributed by atoms with Crippen molar-refractivity contribution in [2.45, 2.75) is 60.8 Å². The van der Waals surface area contributed by atoms with Crippen LogP contribution in [0, 0.1) is 32.6 Å². The van der Waals surface area contributed by atoms with E-state index in [1.165, 1.54) is 36.0 Å². The van der Waals surface area contributed by atoms with Gasteiger partial charge in [-0.3, -0.25) is 0 Å². The summed E-state index contributed by atoms with van der Waals surface area (Å²) in [5.74, 6) is 1.55. The summed E-state index contributed by atoms with van der Waals surface area (Å²) in [4.78, 5) is 0. The highest BCUT2D eigenvalue weighted by Crippen LogP contribution is 2.20. The second-order valence-electron chi connectivity index (χ2n) is 6.91. The van der Waals surface area contributed by atoms with Crippen LogP contribution in [0.25, 0.3) is 0 Å². The summed E-state index contributed by atoms with van der Waals surface area (Å²) in [5, 5.41) is 3.54. The summed E-state index contributed by atoms with van der Waals surface area (Å²) in [6, 6.07) is 4.63. The van der Waals surface area contributed by atoms with Crippen molar-refractivity contribution in [2.75, 3.05) is 13.1 Å². The van der Waals surface area contributed by atoms with Gasteiger partial charge in [0.25, 0.3) is 0 Å². The summed E-state index contributed by atoms with van der Waals surface area (Å²) in [5.41, 5.74) is 5.88. The fourth-order valence-electron chi connectivity index (χ4n) is 2.88. The van der Waals surface area contributed by atoms with Crippen molar-refractivity contribution >= 4 is 0 Å². The van der Waals surface area contributed by atoms with Gasteiger partial charge in [-0.15, -0.1) is 0 Å². The second kappa shape index (κ2) is 8.46. The van der Waals surface area contributed by atoms with Gasteiger partial charge in [-0.05, 0) is 81.6 Å². The monoisotopic (exact) mass is 275 g/mol. The van der Waals surface area contributed by atoms with Gasteiger partial charge in [0.15, 0.2) is 0 Å². The Labute approximate surface area is 126 Å². The van der Waals surface area contributed by atoms with E-state index in [9.17, 15) is 0 Å². The molecule has 1 rings (SSSR count). The van der Waals surface area contributed by atoms with Crippen molar-refractivity contribution < 1.29 is 0 Å². The Bertz CT molecular complexity index is 383. The molecule has 1 unspecified atom stereocenters. The minimum absolute atomic E-state index is 0.753. The molecule has 0 aromatic heterocycles. The molecule has 0 aliphatic carbocycles. The molecule has 0 heterocycles. The molecule has 0 radical (unpaired) electrons. The third-order valence-electron chi connectivity index (χ3n) is 4.09. The molecule has 1 atom stereocenters. The number of aryl methyl sites for hydroxylation is 3. The van der Waals surface area contributed by atoms with Gasteiger partial charge < -0.3 is 5.32 Å². The van der Waals surface area contributed by atoms with E-state index in [1.54, 1.807) is 5.56 Å². The summed E-state index contributed by atoms with van der Waals surface area (Å²) >= 11 is 0. The predicted octanol–water partition coefficient (Wildman–Crippen LogP) is 4.82. The maximum absolute atomic E-state index is 3.54. The minimum Gasteiger partial charge on any atom is -0.316 e. The average molecular weight is 275 g/mol. The Morgan fingerprint density at radius 3 is 2.10 bits per heavy atom. The molecular weight excluding hydrogens is 242 g/mol. The molecular formula is C19H33N. The molecule has 0 aliphatic rings. The van der Waals surface area contributed by atoms with Crippen LogP contribution in [-0.2, 0) is 6.42 Å². The maximum atomic E-state index is 3.54. The molecule has 0 saturated heterocycles. The molecule has 1 aromatic carbocycles. The van der Waals surface area contributed by atoms with Gasteiger partial charge in [-0.25, -0.2) is 0 Å². The standard InChI is InChI=1S/C19H33N/c1-14(2)13-20-10-9-15(3)7-8-19-17(5)11-16(4)12-18(19)6/h11-12,14-15,20H,7-10,13H2,1-6H3. The molecule has 1 heteroatoms. The third kappa shape index (κ3) is 6.09. The van der Waals surface area contributed by atoms with E-state index in [0.29, 0.717) is 0 Å². The van der Waals surface area contributed by atoms with Crippen molar-refractivity contribution in [1.29, 1.82) is 0 Å². The second-order valence-corrected chi connectivity index (χ2v) is 6.91. The first-order chi connectivity index (χ1) is 9.40. The van der Waals surface area contributed by atoms with E-state index in [1.807, 2.05) is 0 Å². The molecule has 0 spiro atoms. The van der Waals surface area contributed by atoms with Gasteiger partial charge in [-0.2, -0.15) is 0 Å². The van der Waals surface area contributed by atoms with Gasteiger partial charge in [0, 0.05) is 0 Å². The van der Waals surface area contributed by atoms with Crippen LogP contribution in [0.3, 0.4) is 0 Å². The van der Waals surface area contributed by atoms with Gasteiger partial charge >= 0.3 is 0 Å². The van der Waals surface area contributed by atoms with Crippen LogP contribution in [0.15, 0.2) is 12.1 Å². The van der Waals surface area contributed by atoms with E-state index in [0.717, 1.165) is 24.9 Å². The van der Waals surface area contributed by atoms with E-state index in [2.05, 4.69) is 59.0 Å². The quantitative estimate of drug-likeness (QED) is 0.671. The lowest BCUT2D eigenvalue weighted by molar-refractivity contribution is 0.453. The summed E-state index contributed by atoms with van der Waals surface area (Å²) < 4.78 is 0. The molecule has 1 nitrogen and oxygen atoms in total. The van der Waals surface area contributed by atoms with Crippen molar-refractivity contribution in [3.8, 4) is 0 Å². The van der Waals surface area contributed by atoms with Crippen LogP contribution >= 0.6 is 0 Å². The van der Waals surface area contributed by atoms with Gasteiger partial charge in [0.05, 0.1) is 0 Å². The number of rotatable bonds is 8. The van der Waals surface area contributed by atoms with E-state index < -0.39 is 0 Å². The van der Waals surface area contributed by atoms with E-state index in [4.69, 9.17) is 0 Å². The Morgan fingerprint density at radius 2 is 1.55 bits per heavy atom. The average Bonchev–Trinajstić information content (AvgIpc) is 2.33. The zero-order chi connectivity index (χ0) is 15.1. The number of nitrogens with one attached hydrogen (secondary N) is 1. The smallest absolute Gasteiger partial charge is 0.00258 e. The first-order valence-corrected chi connectivity index (χ1v) is 8.17. The molecule has 114 valence electrons. The fourth-order valence-corrected chi connectivity index (χ4v) is 2.88. The number of hydrogen-bond acceptors (Lipinski definition) is 1. The summed E-state index contributed by atoms with van der Waals surface area (Å²) in [6.07, 6.45) is 3.81. The number of benzene rings is 1. The van der Waals surface area contributed by atoms with Gasteiger partial charge in [0.1, 0.15) is 0 Å². The Hall–Kier alpha value is -0.820. The van der Waals surface area contributed by atoms with Crippen LogP contribution in [-0.4, -0.2) is 13.1 Å². The van der Waals surface area contributed by atoms with Crippen molar-refractivity contribution in [3.05, 3.63) is 34.4 Å². The minimum atomic E-state index is 0.753. The zero-order valence-electron chi connectivity index (χ0n) is 14.3. The van der Waals surface area contributed by atoms with Gasteiger partial charge in [0.2, 0.25) is 0 Å². The largest absolute Gasteiger partial charge is 0.316 e. The first-order valence-electron chi connectivity index (χ1n) is 8.17. The van der Waals surface area contributed by atoms with Crippen molar-refractivity contribution in [1.82, 2.24) is 5.32 Å². The summed E-state index contributed by atoms with van der Waals surface area (Å²) in [6.45, 7) is 15.9.